The van der Waals surface area contributed by atoms with Crippen molar-refractivity contribution in [3.05, 3.63) is 30.1 Å². The van der Waals surface area contributed by atoms with Gasteiger partial charge in [0.15, 0.2) is 0 Å². The number of nitrogens with zero attached hydrogens (tertiary/aromatic N) is 4. The molecule has 2 amide bonds. The Morgan fingerprint density at radius 2 is 2.33 bits per heavy atom. The highest BCUT2D eigenvalue weighted by atomic mass is 32.1. The molecule has 2 aromatic heterocycles. The highest BCUT2D eigenvalue weighted by molar-refractivity contribution is 7.09. The number of urea groups is 1. The van der Waals surface area contributed by atoms with Gasteiger partial charge >= 0.3 is 6.03 Å². The van der Waals surface area contributed by atoms with Crippen LogP contribution in [0.2, 0.25) is 0 Å². The summed E-state index contributed by atoms with van der Waals surface area (Å²) in [5.74, 6) is 0.638. The first-order valence-corrected chi connectivity index (χ1v) is 6.06. The molecule has 0 unspecified atom stereocenters. The summed E-state index contributed by atoms with van der Waals surface area (Å²) in [7, 11) is 0. The first-order chi connectivity index (χ1) is 8.65. The van der Waals surface area contributed by atoms with Gasteiger partial charge in [-0.25, -0.2) is 19.7 Å². The van der Waals surface area contributed by atoms with E-state index in [0.717, 1.165) is 17.2 Å². The molecule has 0 aliphatic carbocycles. The van der Waals surface area contributed by atoms with Gasteiger partial charge in [-0.05, 0) is 19.9 Å². The fraction of sp³-hybridized carbons (Fsp3) is 0.300. The molecule has 2 rings (SSSR count). The molecule has 0 saturated heterocycles. The second-order valence-electron chi connectivity index (χ2n) is 3.60. The van der Waals surface area contributed by atoms with Crippen molar-refractivity contribution in [1.29, 1.82) is 0 Å². The Balaban J connectivity index is 1.92. The summed E-state index contributed by atoms with van der Waals surface area (Å²) in [6.07, 6.45) is 3.08. The average Bonchev–Trinajstić information content (AvgIpc) is 2.75. The molecule has 1 atom stereocenters. The molecule has 0 saturated carbocycles. The smallest absolute Gasteiger partial charge is 0.321 e. The normalized spacial score (nSPS) is 11.9. The lowest BCUT2D eigenvalue weighted by Crippen LogP contribution is -2.31. The molecule has 2 aromatic rings. The Morgan fingerprint density at radius 3 is 2.94 bits per heavy atom. The zero-order valence-electron chi connectivity index (χ0n) is 9.91. The topological polar surface area (TPSA) is 92.7 Å². The zero-order chi connectivity index (χ0) is 13.0. The molecule has 0 radical (unpaired) electrons. The summed E-state index contributed by atoms with van der Waals surface area (Å²) in [6, 6.07) is 1.21. The Bertz CT molecular complexity index is 528. The summed E-state index contributed by atoms with van der Waals surface area (Å²) < 4.78 is 3.97. The number of aromatic nitrogens is 4. The Morgan fingerprint density at radius 1 is 1.50 bits per heavy atom. The summed E-state index contributed by atoms with van der Waals surface area (Å²) in [6.45, 7) is 3.61. The maximum Gasteiger partial charge on any atom is 0.321 e. The maximum absolute atomic E-state index is 11.7. The number of carbonyl (C=O) groups is 1. The number of hydrogen-bond donors (Lipinski definition) is 2. The lowest BCUT2D eigenvalue weighted by molar-refractivity contribution is 0.249. The SMILES string of the molecule is Cc1nsc(NC(=O)N[C@H](C)c2ccncn2)n1. The van der Waals surface area contributed by atoms with Crippen LogP contribution in [0.15, 0.2) is 18.6 Å². The second kappa shape index (κ2) is 5.50. The van der Waals surface area contributed by atoms with Crippen molar-refractivity contribution in [2.45, 2.75) is 19.9 Å². The Labute approximate surface area is 108 Å². The van der Waals surface area contributed by atoms with Crippen LogP contribution in [0.25, 0.3) is 0 Å². The van der Waals surface area contributed by atoms with E-state index in [0.29, 0.717) is 11.0 Å². The van der Waals surface area contributed by atoms with Crippen LogP contribution in [0.4, 0.5) is 9.93 Å². The lowest BCUT2D eigenvalue weighted by atomic mass is 10.2. The quantitative estimate of drug-likeness (QED) is 0.876. The number of nitrogens with one attached hydrogen (secondary N) is 2. The van der Waals surface area contributed by atoms with E-state index in [-0.39, 0.29) is 12.1 Å². The van der Waals surface area contributed by atoms with Gasteiger partial charge in [0.2, 0.25) is 5.13 Å². The van der Waals surface area contributed by atoms with Crippen molar-refractivity contribution < 1.29 is 4.79 Å². The average molecular weight is 264 g/mol. The minimum Gasteiger partial charge on any atom is -0.330 e. The lowest BCUT2D eigenvalue weighted by Gasteiger charge is -2.12. The molecule has 0 fully saturated rings. The van der Waals surface area contributed by atoms with Crippen molar-refractivity contribution in [3.63, 3.8) is 0 Å². The molecule has 0 bridgehead atoms. The van der Waals surface area contributed by atoms with Gasteiger partial charge in [-0.2, -0.15) is 4.37 Å². The molecule has 0 aliphatic heterocycles. The van der Waals surface area contributed by atoms with Crippen LogP contribution in [-0.4, -0.2) is 25.4 Å². The van der Waals surface area contributed by atoms with Crippen molar-refractivity contribution in [1.82, 2.24) is 24.6 Å². The minimum absolute atomic E-state index is 0.206. The van der Waals surface area contributed by atoms with Gasteiger partial charge < -0.3 is 5.32 Å². The van der Waals surface area contributed by atoms with E-state index in [4.69, 9.17) is 0 Å². The van der Waals surface area contributed by atoms with Crippen molar-refractivity contribution in [2.75, 3.05) is 5.32 Å². The van der Waals surface area contributed by atoms with Gasteiger partial charge in [-0.3, -0.25) is 5.32 Å². The fourth-order valence-electron chi connectivity index (χ4n) is 1.31. The van der Waals surface area contributed by atoms with E-state index in [1.165, 1.54) is 6.33 Å². The number of amides is 2. The largest absolute Gasteiger partial charge is 0.330 e. The number of carbonyl (C=O) groups excluding carboxylic acids is 1. The summed E-state index contributed by atoms with van der Waals surface area (Å²) >= 11 is 1.14. The number of anilines is 1. The van der Waals surface area contributed by atoms with Gasteiger partial charge in [0.05, 0.1) is 11.7 Å². The highest BCUT2D eigenvalue weighted by Gasteiger charge is 2.11. The molecule has 0 aliphatic rings. The van der Waals surface area contributed by atoms with Crippen LogP contribution in [-0.2, 0) is 0 Å². The molecular weight excluding hydrogens is 252 g/mol. The Hall–Kier alpha value is -2.09. The molecule has 7 nitrogen and oxygen atoms in total. The zero-order valence-corrected chi connectivity index (χ0v) is 10.7. The molecule has 94 valence electrons. The molecule has 2 heterocycles. The monoisotopic (exact) mass is 264 g/mol. The van der Waals surface area contributed by atoms with Gasteiger partial charge in [-0.1, -0.05) is 0 Å². The third-order valence-electron chi connectivity index (χ3n) is 2.14. The van der Waals surface area contributed by atoms with Gasteiger partial charge in [0, 0.05) is 17.7 Å². The summed E-state index contributed by atoms with van der Waals surface area (Å²) in [5.41, 5.74) is 0.744. The highest BCUT2D eigenvalue weighted by Crippen LogP contribution is 2.11. The van der Waals surface area contributed by atoms with E-state index in [9.17, 15) is 4.79 Å². The standard InChI is InChI=1S/C10H12N6OS/c1-6(8-3-4-11-5-12-8)13-9(17)15-10-14-7(2)16-18-10/h3-6H,1-2H3,(H2,13,14,15,16,17)/t6-/m1/s1. The van der Waals surface area contributed by atoms with Gasteiger partial charge in [0.25, 0.3) is 0 Å². The van der Waals surface area contributed by atoms with E-state index in [2.05, 4.69) is 30.0 Å². The van der Waals surface area contributed by atoms with Crippen LogP contribution in [0.3, 0.4) is 0 Å². The fourth-order valence-corrected chi connectivity index (χ4v) is 1.88. The molecular formula is C10H12N6OS. The predicted octanol–water partition coefficient (Wildman–Crippen LogP) is 1.52. The Kier molecular flexibility index (Phi) is 3.78. The van der Waals surface area contributed by atoms with Crippen molar-refractivity contribution in [3.8, 4) is 0 Å². The predicted molar refractivity (Wildman–Crippen MR) is 67.2 cm³/mol. The van der Waals surface area contributed by atoms with Crippen LogP contribution in [0.5, 0.6) is 0 Å². The van der Waals surface area contributed by atoms with Crippen LogP contribution in [0.1, 0.15) is 24.5 Å². The first-order valence-electron chi connectivity index (χ1n) is 5.29. The van der Waals surface area contributed by atoms with Crippen LogP contribution >= 0.6 is 11.5 Å². The molecule has 18 heavy (non-hydrogen) atoms. The number of rotatable bonds is 3. The minimum atomic E-state index is -0.336. The maximum atomic E-state index is 11.7. The van der Waals surface area contributed by atoms with E-state index < -0.39 is 0 Å². The molecule has 2 N–H and O–H groups in total. The van der Waals surface area contributed by atoms with E-state index >= 15 is 0 Å². The van der Waals surface area contributed by atoms with E-state index in [1.54, 1.807) is 19.2 Å². The van der Waals surface area contributed by atoms with Crippen molar-refractivity contribution in [2.24, 2.45) is 0 Å². The van der Waals surface area contributed by atoms with Crippen molar-refractivity contribution >= 4 is 22.7 Å². The molecule has 0 spiro atoms. The summed E-state index contributed by atoms with van der Waals surface area (Å²) in [5, 5.41) is 5.84. The number of hydrogen-bond acceptors (Lipinski definition) is 6. The molecule has 0 aromatic carbocycles. The second-order valence-corrected chi connectivity index (χ2v) is 4.35. The van der Waals surface area contributed by atoms with Gasteiger partial charge in [-0.15, -0.1) is 0 Å². The first kappa shape index (κ1) is 12.4. The van der Waals surface area contributed by atoms with Crippen LogP contribution in [0, 0.1) is 6.92 Å². The van der Waals surface area contributed by atoms with E-state index in [1.807, 2.05) is 6.92 Å². The number of aryl methyl sites for hydroxylation is 1. The van der Waals surface area contributed by atoms with Gasteiger partial charge in [0.1, 0.15) is 12.2 Å². The third kappa shape index (κ3) is 3.20. The van der Waals surface area contributed by atoms with Crippen LogP contribution < -0.4 is 10.6 Å². The summed E-state index contributed by atoms with van der Waals surface area (Å²) in [4.78, 5) is 23.6. The third-order valence-corrected chi connectivity index (χ3v) is 2.87. The molecule has 8 heteroatoms.